The minimum absolute atomic E-state index is 0.0282. The first-order chi connectivity index (χ1) is 14.0. The van der Waals surface area contributed by atoms with Gasteiger partial charge in [0.2, 0.25) is 5.95 Å². The molecule has 1 atom stereocenters. The number of rotatable bonds is 4. The lowest BCUT2D eigenvalue weighted by Gasteiger charge is -2.26. The lowest BCUT2D eigenvalue weighted by Crippen LogP contribution is -2.33. The van der Waals surface area contributed by atoms with Gasteiger partial charge in [0, 0.05) is 50.7 Å². The largest absolute Gasteiger partial charge is 0.347 e. The number of carbonyl (C=O) groups is 1. The highest BCUT2D eigenvalue weighted by atomic mass is 35.5. The summed E-state index contributed by atoms with van der Waals surface area (Å²) in [6.07, 6.45) is 5.27. The molecule has 2 aromatic heterocycles. The fraction of sp³-hybridized carbons (Fsp3) is 0.333. The number of hydrogen-bond acceptors (Lipinski definition) is 5. The third kappa shape index (κ3) is 3.70. The van der Waals surface area contributed by atoms with Crippen LogP contribution in [0.1, 0.15) is 35.1 Å². The number of halogens is 1. The third-order valence-corrected chi connectivity index (χ3v) is 5.48. The minimum Gasteiger partial charge on any atom is -0.347 e. The first-order valence-electron chi connectivity index (χ1n) is 9.55. The summed E-state index contributed by atoms with van der Waals surface area (Å²) in [6, 6.07) is 9.26. The summed E-state index contributed by atoms with van der Waals surface area (Å²) in [4.78, 5) is 26.4. The average molecular weight is 411 g/mol. The first-order valence-corrected chi connectivity index (χ1v) is 9.92. The lowest BCUT2D eigenvalue weighted by atomic mass is 9.99. The maximum atomic E-state index is 13.2. The van der Waals surface area contributed by atoms with Crippen LogP contribution in [0.15, 0.2) is 42.7 Å². The zero-order valence-corrected chi connectivity index (χ0v) is 17.5. The fourth-order valence-corrected chi connectivity index (χ4v) is 3.86. The van der Waals surface area contributed by atoms with E-state index in [-0.39, 0.29) is 11.9 Å². The van der Waals surface area contributed by atoms with E-state index < -0.39 is 0 Å². The highest BCUT2D eigenvalue weighted by Gasteiger charge is 2.34. The third-order valence-electron chi connectivity index (χ3n) is 5.23. The van der Waals surface area contributed by atoms with Crippen LogP contribution in [0.5, 0.6) is 0 Å². The Bertz CT molecular complexity index is 1030. The summed E-state index contributed by atoms with van der Waals surface area (Å²) in [5.41, 5.74) is 3.34. The van der Waals surface area contributed by atoms with Gasteiger partial charge >= 0.3 is 0 Å². The normalized spacial score (nSPS) is 16.3. The summed E-state index contributed by atoms with van der Waals surface area (Å²) in [7, 11) is 5.61. The van der Waals surface area contributed by atoms with Gasteiger partial charge < -0.3 is 9.80 Å². The molecule has 1 aliphatic heterocycles. The van der Waals surface area contributed by atoms with E-state index >= 15 is 0 Å². The van der Waals surface area contributed by atoms with Crippen LogP contribution in [0.3, 0.4) is 0 Å². The van der Waals surface area contributed by atoms with Crippen LogP contribution in [0.25, 0.3) is 11.1 Å². The van der Waals surface area contributed by atoms with E-state index in [0.29, 0.717) is 23.2 Å². The molecule has 1 amide bonds. The molecule has 8 heteroatoms. The molecule has 150 valence electrons. The second kappa shape index (κ2) is 7.83. The van der Waals surface area contributed by atoms with Gasteiger partial charge in [-0.3, -0.25) is 9.48 Å². The standard InChI is InChI=1S/C21H23ClN6O/c1-26(2)21-23-13-16(14-6-8-15(22)9-7-14)19(25-21)17-5-4-12-28(17)20(29)18-10-11-24-27(18)3/h6-11,13,17H,4-5,12H2,1-3H3. The Hall–Kier alpha value is -2.93. The Morgan fingerprint density at radius 3 is 2.62 bits per heavy atom. The van der Waals surface area contributed by atoms with Crippen LogP contribution < -0.4 is 4.90 Å². The molecule has 7 nitrogen and oxygen atoms in total. The summed E-state index contributed by atoms with van der Waals surface area (Å²) in [6.45, 7) is 0.691. The van der Waals surface area contributed by atoms with E-state index in [2.05, 4.69) is 10.1 Å². The summed E-state index contributed by atoms with van der Waals surface area (Å²) in [5.74, 6) is 0.595. The van der Waals surface area contributed by atoms with Crippen LogP contribution in [-0.2, 0) is 7.05 Å². The molecule has 0 spiro atoms. The molecule has 0 aliphatic carbocycles. The monoisotopic (exact) mass is 410 g/mol. The van der Waals surface area contributed by atoms with Crippen molar-refractivity contribution in [3.63, 3.8) is 0 Å². The number of carbonyl (C=O) groups excluding carboxylic acids is 1. The second-order valence-electron chi connectivity index (χ2n) is 7.37. The van der Waals surface area contributed by atoms with Crippen molar-refractivity contribution in [2.75, 3.05) is 25.5 Å². The van der Waals surface area contributed by atoms with Gasteiger partial charge in [0.25, 0.3) is 5.91 Å². The molecular formula is C21H23ClN6O. The van der Waals surface area contributed by atoms with Gasteiger partial charge in [-0.1, -0.05) is 23.7 Å². The maximum Gasteiger partial charge on any atom is 0.272 e. The van der Waals surface area contributed by atoms with Crippen molar-refractivity contribution >= 4 is 23.5 Å². The van der Waals surface area contributed by atoms with Gasteiger partial charge in [0.15, 0.2) is 0 Å². The highest BCUT2D eigenvalue weighted by Crippen LogP contribution is 2.38. The molecule has 1 aromatic carbocycles. The summed E-state index contributed by atoms with van der Waals surface area (Å²) in [5, 5.41) is 4.82. The van der Waals surface area contributed by atoms with Crippen LogP contribution in [-0.4, -0.2) is 51.2 Å². The molecule has 29 heavy (non-hydrogen) atoms. The van der Waals surface area contributed by atoms with Crippen molar-refractivity contribution in [3.05, 3.63) is 59.1 Å². The average Bonchev–Trinajstić information content (AvgIpc) is 3.36. The SMILES string of the molecule is CN(C)c1ncc(-c2ccc(Cl)cc2)c(C2CCCN2C(=O)c2ccnn2C)n1. The topological polar surface area (TPSA) is 67.2 Å². The molecule has 3 heterocycles. The maximum absolute atomic E-state index is 13.2. The number of aromatic nitrogens is 4. The number of likely N-dealkylation sites (tertiary alicyclic amines) is 1. The van der Waals surface area contributed by atoms with Crippen LogP contribution in [0.4, 0.5) is 5.95 Å². The Morgan fingerprint density at radius 2 is 1.97 bits per heavy atom. The lowest BCUT2D eigenvalue weighted by molar-refractivity contribution is 0.0722. The zero-order valence-electron chi connectivity index (χ0n) is 16.7. The van der Waals surface area contributed by atoms with Crippen LogP contribution in [0, 0.1) is 0 Å². The number of hydrogen-bond donors (Lipinski definition) is 0. The molecule has 0 bridgehead atoms. The van der Waals surface area contributed by atoms with Gasteiger partial charge in [-0.2, -0.15) is 5.10 Å². The van der Waals surface area contributed by atoms with E-state index in [9.17, 15) is 4.79 Å². The van der Waals surface area contributed by atoms with Gasteiger partial charge in [0.05, 0.1) is 11.7 Å². The van der Waals surface area contributed by atoms with Crippen molar-refractivity contribution in [3.8, 4) is 11.1 Å². The summed E-state index contributed by atoms with van der Waals surface area (Å²) < 4.78 is 1.61. The zero-order chi connectivity index (χ0) is 20.5. The summed E-state index contributed by atoms with van der Waals surface area (Å²) >= 11 is 6.07. The van der Waals surface area contributed by atoms with Gasteiger partial charge in [-0.15, -0.1) is 0 Å². The smallest absolute Gasteiger partial charge is 0.272 e. The molecule has 1 aliphatic rings. The Balaban J connectivity index is 1.79. The highest BCUT2D eigenvalue weighted by molar-refractivity contribution is 6.30. The van der Waals surface area contributed by atoms with Gasteiger partial charge in [-0.05, 0) is 36.6 Å². The van der Waals surface area contributed by atoms with E-state index in [4.69, 9.17) is 16.6 Å². The number of benzene rings is 1. The molecule has 4 rings (SSSR count). The predicted molar refractivity (Wildman–Crippen MR) is 113 cm³/mol. The number of nitrogens with zero attached hydrogens (tertiary/aromatic N) is 6. The van der Waals surface area contributed by atoms with Gasteiger partial charge in [-0.25, -0.2) is 9.97 Å². The molecule has 0 radical (unpaired) electrons. The second-order valence-corrected chi connectivity index (χ2v) is 7.80. The minimum atomic E-state index is -0.121. The Labute approximate surface area is 174 Å². The van der Waals surface area contributed by atoms with Crippen molar-refractivity contribution in [1.29, 1.82) is 0 Å². The van der Waals surface area contributed by atoms with E-state index in [1.54, 1.807) is 24.0 Å². The van der Waals surface area contributed by atoms with Crippen LogP contribution in [0.2, 0.25) is 5.02 Å². The predicted octanol–water partition coefficient (Wildman–Crippen LogP) is 3.57. The molecule has 0 N–H and O–H groups in total. The van der Waals surface area contributed by atoms with Crippen molar-refractivity contribution in [2.24, 2.45) is 7.05 Å². The van der Waals surface area contributed by atoms with E-state index in [1.807, 2.05) is 54.4 Å². The number of aryl methyl sites for hydroxylation is 1. The molecule has 1 fully saturated rings. The molecule has 1 unspecified atom stereocenters. The number of anilines is 1. The van der Waals surface area contributed by atoms with Crippen molar-refractivity contribution < 1.29 is 4.79 Å². The van der Waals surface area contributed by atoms with Crippen molar-refractivity contribution in [2.45, 2.75) is 18.9 Å². The Kier molecular flexibility index (Phi) is 5.24. The fourth-order valence-electron chi connectivity index (χ4n) is 3.73. The van der Waals surface area contributed by atoms with E-state index in [0.717, 1.165) is 29.7 Å². The number of amides is 1. The molecule has 3 aromatic rings. The first kappa shape index (κ1) is 19.4. The van der Waals surface area contributed by atoms with E-state index in [1.165, 1.54) is 0 Å². The quantitative estimate of drug-likeness (QED) is 0.657. The molecule has 1 saturated heterocycles. The van der Waals surface area contributed by atoms with Crippen LogP contribution >= 0.6 is 11.6 Å². The Morgan fingerprint density at radius 1 is 1.21 bits per heavy atom. The molecule has 0 saturated carbocycles. The van der Waals surface area contributed by atoms with Crippen molar-refractivity contribution in [1.82, 2.24) is 24.6 Å². The molecular weight excluding hydrogens is 388 g/mol. The van der Waals surface area contributed by atoms with Gasteiger partial charge in [0.1, 0.15) is 5.69 Å².